The van der Waals surface area contributed by atoms with E-state index < -0.39 is 20.2 Å². The molecule has 0 saturated carbocycles. The van der Waals surface area contributed by atoms with Crippen molar-refractivity contribution < 1.29 is 43.0 Å². The Morgan fingerprint density at radius 3 is 1.38 bits per heavy atom. The zero-order chi connectivity index (χ0) is 16.4. The third-order valence-corrected chi connectivity index (χ3v) is 3.46. The van der Waals surface area contributed by atoms with Gasteiger partial charge in [0, 0.05) is 37.5 Å². The molecule has 0 amide bonds. The molecule has 0 aromatic rings. The molecule has 21 heavy (non-hydrogen) atoms. The van der Waals surface area contributed by atoms with Crippen molar-refractivity contribution in [3.05, 3.63) is 12.4 Å². The molecule has 8 nitrogen and oxygen atoms in total. The Morgan fingerprint density at radius 2 is 1.29 bits per heavy atom. The van der Waals surface area contributed by atoms with Crippen molar-refractivity contribution in [1.82, 2.24) is 9.80 Å². The number of hydrogen-bond donors (Lipinski definition) is 0. The minimum Gasteiger partial charge on any atom is -0.748 e. The van der Waals surface area contributed by atoms with Crippen LogP contribution in [0.3, 0.4) is 0 Å². The van der Waals surface area contributed by atoms with Crippen LogP contribution in [-0.2, 0) is 37.3 Å². The minimum absolute atomic E-state index is 0. The second kappa shape index (κ2) is 12.2. The van der Waals surface area contributed by atoms with Crippen LogP contribution in [0.25, 0.3) is 0 Å². The summed E-state index contributed by atoms with van der Waals surface area (Å²) in [6, 6.07) is 0. The first-order valence-electron chi connectivity index (χ1n) is 5.94. The van der Waals surface area contributed by atoms with Crippen molar-refractivity contribution in [3.8, 4) is 0 Å². The second-order valence-electron chi connectivity index (χ2n) is 3.79. The van der Waals surface area contributed by atoms with E-state index in [1.165, 1.54) is 13.8 Å². The summed E-state index contributed by atoms with van der Waals surface area (Å²) in [5.41, 5.74) is 0. The van der Waals surface area contributed by atoms with E-state index in [9.17, 15) is 25.9 Å². The first-order valence-corrected chi connectivity index (χ1v) is 9.10. The largest absolute Gasteiger partial charge is 2.00 e. The molecule has 0 saturated heterocycles. The maximum absolute atomic E-state index is 9.44. The SMILES string of the molecule is CCN1C=CN(C)C1.CCS(=O)(=O)[O-].CCS(=O)(=O)[O-].[Cu+2]. The molecule has 11 heteroatoms. The molecule has 0 spiro atoms. The molecule has 0 aromatic heterocycles. The molecule has 1 rings (SSSR count). The Bertz CT molecular complexity index is 446. The van der Waals surface area contributed by atoms with Gasteiger partial charge < -0.3 is 18.9 Å². The smallest absolute Gasteiger partial charge is 0.748 e. The summed E-state index contributed by atoms with van der Waals surface area (Å²) in [6.45, 7) is 6.94. The molecule has 0 atom stereocenters. The summed E-state index contributed by atoms with van der Waals surface area (Å²) < 4.78 is 56.7. The maximum atomic E-state index is 9.44. The third kappa shape index (κ3) is 22.1. The zero-order valence-corrected chi connectivity index (χ0v) is 15.0. The van der Waals surface area contributed by atoms with Gasteiger partial charge in [-0.1, -0.05) is 13.8 Å². The average Bonchev–Trinajstić information content (AvgIpc) is 2.75. The van der Waals surface area contributed by atoms with Crippen LogP contribution in [0.1, 0.15) is 20.8 Å². The molecule has 1 radical (unpaired) electrons. The van der Waals surface area contributed by atoms with Crippen molar-refractivity contribution in [2.75, 3.05) is 31.8 Å². The summed E-state index contributed by atoms with van der Waals surface area (Å²) in [4.78, 5) is 4.41. The van der Waals surface area contributed by atoms with E-state index >= 15 is 0 Å². The Hall–Kier alpha value is -0.321. The summed E-state index contributed by atoms with van der Waals surface area (Å²) in [6.07, 6.45) is 4.20. The second-order valence-corrected chi connectivity index (χ2v) is 7.18. The molecule has 0 N–H and O–H groups in total. The van der Waals surface area contributed by atoms with Crippen molar-refractivity contribution in [2.45, 2.75) is 20.8 Å². The Balaban J connectivity index is -0.000000231. The third-order valence-electron chi connectivity index (χ3n) is 2.05. The molecule has 131 valence electrons. The topological polar surface area (TPSA) is 121 Å². The van der Waals surface area contributed by atoms with E-state index in [1.54, 1.807) is 0 Å². The van der Waals surface area contributed by atoms with E-state index in [0.29, 0.717) is 0 Å². The van der Waals surface area contributed by atoms with Crippen molar-refractivity contribution in [1.29, 1.82) is 0 Å². The fourth-order valence-electron chi connectivity index (χ4n) is 0.794. The molecule has 1 heterocycles. The molecule has 0 aromatic carbocycles. The van der Waals surface area contributed by atoms with Gasteiger partial charge in [-0.2, -0.15) is 0 Å². The first kappa shape index (κ1) is 25.6. The summed E-state index contributed by atoms with van der Waals surface area (Å²) >= 11 is 0. The molecular weight excluding hydrogens is 372 g/mol. The standard InChI is InChI=1S/C6H12N2.2C2H6O3S.Cu/c1-3-8-5-4-7(2)6-8;2*1-2-6(3,4)5;/h4-5H,3,6H2,1-2H3;2*2H2,1H3,(H,3,4,5);/q;;;+2/p-2. The molecule has 0 fully saturated rings. The van der Waals surface area contributed by atoms with Gasteiger partial charge in [-0.25, -0.2) is 16.8 Å². The van der Waals surface area contributed by atoms with E-state index in [2.05, 4.69) is 36.2 Å². The van der Waals surface area contributed by atoms with Crippen molar-refractivity contribution in [2.24, 2.45) is 0 Å². The summed E-state index contributed by atoms with van der Waals surface area (Å²) in [5, 5.41) is 0. The Labute approximate surface area is 138 Å². The van der Waals surface area contributed by atoms with Gasteiger partial charge in [0.15, 0.2) is 0 Å². The number of hydrogen-bond acceptors (Lipinski definition) is 8. The molecule has 0 aliphatic carbocycles. The quantitative estimate of drug-likeness (QED) is 0.476. The van der Waals surface area contributed by atoms with Gasteiger partial charge in [-0.15, -0.1) is 0 Å². The Kier molecular flexibility index (Phi) is 14.9. The van der Waals surface area contributed by atoms with Crippen LogP contribution < -0.4 is 0 Å². The van der Waals surface area contributed by atoms with Crippen LogP contribution in [0.2, 0.25) is 0 Å². The molecule has 1 aliphatic rings. The predicted molar refractivity (Wildman–Crippen MR) is 74.6 cm³/mol. The fourth-order valence-corrected chi connectivity index (χ4v) is 0.794. The average molecular weight is 394 g/mol. The summed E-state index contributed by atoms with van der Waals surface area (Å²) in [5.74, 6) is -0.625. The minimum atomic E-state index is -3.91. The first-order chi connectivity index (χ1) is 8.95. The van der Waals surface area contributed by atoms with Gasteiger partial charge in [0.2, 0.25) is 0 Å². The van der Waals surface area contributed by atoms with E-state index in [1.807, 2.05) is 0 Å². The van der Waals surface area contributed by atoms with Gasteiger partial charge in [0.1, 0.15) is 0 Å². The Morgan fingerprint density at radius 1 is 0.952 bits per heavy atom. The van der Waals surface area contributed by atoms with E-state index in [4.69, 9.17) is 0 Å². The normalized spacial score (nSPS) is 13.6. The van der Waals surface area contributed by atoms with Gasteiger partial charge in [-0.3, -0.25) is 0 Å². The maximum Gasteiger partial charge on any atom is 2.00 e. The monoisotopic (exact) mass is 393 g/mol. The van der Waals surface area contributed by atoms with Gasteiger partial charge in [0.25, 0.3) is 0 Å². The summed E-state index contributed by atoms with van der Waals surface area (Å²) in [7, 11) is -5.75. The predicted octanol–water partition coefficient (Wildman–Crippen LogP) is -0.217. The molecule has 0 unspecified atom stereocenters. The van der Waals surface area contributed by atoms with Crippen LogP contribution in [-0.4, -0.2) is 67.5 Å². The van der Waals surface area contributed by atoms with Crippen LogP contribution >= 0.6 is 0 Å². The molecule has 1 aliphatic heterocycles. The van der Waals surface area contributed by atoms with Crippen LogP contribution in [0.15, 0.2) is 12.4 Å². The van der Waals surface area contributed by atoms with E-state index in [-0.39, 0.29) is 28.6 Å². The fraction of sp³-hybridized carbons (Fsp3) is 0.800. The number of nitrogens with zero attached hydrogens (tertiary/aromatic N) is 2. The zero-order valence-electron chi connectivity index (χ0n) is 12.4. The van der Waals surface area contributed by atoms with Crippen LogP contribution in [0.5, 0.6) is 0 Å². The van der Waals surface area contributed by atoms with Crippen LogP contribution in [0.4, 0.5) is 0 Å². The van der Waals surface area contributed by atoms with Gasteiger partial charge in [0.05, 0.1) is 26.9 Å². The van der Waals surface area contributed by atoms with Crippen LogP contribution in [0, 0.1) is 0 Å². The molecule has 0 bridgehead atoms. The van der Waals surface area contributed by atoms with Crippen molar-refractivity contribution >= 4 is 20.2 Å². The molecular formula is C10H22CuN2O6S2. The van der Waals surface area contributed by atoms with Gasteiger partial charge >= 0.3 is 17.1 Å². The van der Waals surface area contributed by atoms with Gasteiger partial charge in [-0.05, 0) is 6.92 Å². The number of rotatable bonds is 3. The van der Waals surface area contributed by atoms with E-state index in [0.717, 1.165) is 13.2 Å². The van der Waals surface area contributed by atoms with Crippen molar-refractivity contribution in [3.63, 3.8) is 0 Å².